The van der Waals surface area contributed by atoms with Crippen LogP contribution < -0.4 is 0 Å². The predicted molar refractivity (Wildman–Crippen MR) is 71.0 cm³/mol. The number of Topliss-reactive ketones (excluding diaryl/α,β-unsaturated/α-hetero) is 1. The van der Waals surface area contributed by atoms with Crippen LogP contribution >= 0.6 is 0 Å². The molecule has 2 rings (SSSR count). The summed E-state index contributed by atoms with van der Waals surface area (Å²) in [5.74, 6) is -0.269. The standard InChI is InChI=1S/C16H19NO/c1-2-10-16(14-8-4-3-5-9-14)11-6-7-13(12-17)15(16)18/h3-5,8-9,13H,2,6-7,10-11H2,1H3. The fourth-order valence-corrected chi connectivity index (χ4v) is 3.18. The van der Waals surface area contributed by atoms with E-state index in [0.717, 1.165) is 37.7 Å². The number of rotatable bonds is 3. The van der Waals surface area contributed by atoms with E-state index in [9.17, 15) is 4.79 Å². The normalized spacial score (nSPS) is 27.8. The Morgan fingerprint density at radius 2 is 2.11 bits per heavy atom. The molecule has 1 aliphatic carbocycles. The summed E-state index contributed by atoms with van der Waals surface area (Å²) < 4.78 is 0. The lowest BCUT2D eigenvalue weighted by atomic mass is 9.63. The fourth-order valence-electron chi connectivity index (χ4n) is 3.18. The van der Waals surface area contributed by atoms with E-state index in [0.29, 0.717) is 0 Å². The summed E-state index contributed by atoms with van der Waals surface area (Å²) in [6.45, 7) is 2.11. The van der Waals surface area contributed by atoms with Crippen LogP contribution in [0.1, 0.15) is 44.6 Å². The van der Waals surface area contributed by atoms with Crippen molar-refractivity contribution in [3.05, 3.63) is 35.9 Å². The lowest BCUT2D eigenvalue weighted by molar-refractivity contribution is -0.129. The van der Waals surface area contributed by atoms with Crippen LogP contribution in [-0.2, 0) is 10.2 Å². The average molecular weight is 241 g/mol. The highest BCUT2D eigenvalue weighted by molar-refractivity contribution is 5.94. The maximum Gasteiger partial charge on any atom is 0.160 e. The first-order valence-corrected chi connectivity index (χ1v) is 6.74. The van der Waals surface area contributed by atoms with Gasteiger partial charge < -0.3 is 0 Å². The molecule has 1 aliphatic rings. The Hall–Kier alpha value is -1.62. The number of ketones is 1. The molecule has 0 amide bonds. The molecule has 1 saturated carbocycles. The quantitative estimate of drug-likeness (QED) is 0.811. The number of nitriles is 1. The SMILES string of the molecule is CCCC1(c2ccccc2)CCCC(C#N)C1=O. The number of carbonyl (C=O) groups is 1. The second-order valence-corrected chi connectivity index (χ2v) is 5.14. The van der Waals surface area contributed by atoms with Crippen LogP contribution in [0.25, 0.3) is 0 Å². The van der Waals surface area contributed by atoms with E-state index in [-0.39, 0.29) is 5.78 Å². The number of hydrogen-bond donors (Lipinski definition) is 0. The molecule has 1 fully saturated rings. The van der Waals surface area contributed by atoms with Crippen LogP contribution in [0.4, 0.5) is 0 Å². The molecule has 18 heavy (non-hydrogen) atoms. The van der Waals surface area contributed by atoms with Crippen LogP contribution in [0.2, 0.25) is 0 Å². The molecule has 0 N–H and O–H groups in total. The molecule has 2 unspecified atom stereocenters. The Balaban J connectivity index is 2.44. The Labute approximate surface area is 109 Å². The third kappa shape index (κ3) is 2.06. The van der Waals surface area contributed by atoms with Gasteiger partial charge in [-0.15, -0.1) is 0 Å². The molecular formula is C16H19NO. The summed E-state index contributed by atoms with van der Waals surface area (Å²) >= 11 is 0. The van der Waals surface area contributed by atoms with Gasteiger partial charge in [0.05, 0.1) is 11.5 Å². The van der Waals surface area contributed by atoms with Crippen molar-refractivity contribution in [2.24, 2.45) is 5.92 Å². The van der Waals surface area contributed by atoms with Gasteiger partial charge in [0, 0.05) is 0 Å². The smallest absolute Gasteiger partial charge is 0.160 e. The fraction of sp³-hybridized carbons (Fsp3) is 0.500. The Morgan fingerprint density at radius 1 is 1.39 bits per heavy atom. The van der Waals surface area contributed by atoms with Crippen molar-refractivity contribution in [1.82, 2.24) is 0 Å². The first kappa shape index (κ1) is 12.8. The molecule has 2 nitrogen and oxygen atoms in total. The molecule has 0 aromatic heterocycles. The second kappa shape index (κ2) is 5.35. The van der Waals surface area contributed by atoms with Crippen LogP contribution in [0.15, 0.2) is 30.3 Å². The summed E-state index contributed by atoms with van der Waals surface area (Å²) in [5, 5.41) is 9.14. The molecule has 94 valence electrons. The van der Waals surface area contributed by atoms with E-state index in [1.165, 1.54) is 0 Å². The van der Waals surface area contributed by atoms with Gasteiger partial charge in [-0.3, -0.25) is 4.79 Å². The molecule has 0 aliphatic heterocycles. The zero-order chi connectivity index (χ0) is 13.0. The van der Waals surface area contributed by atoms with Crippen LogP contribution in [0.5, 0.6) is 0 Å². The van der Waals surface area contributed by atoms with Gasteiger partial charge in [-0.05, 0) is 24.8 Å². The molecule has 1 aromatic carbocycles. The van der Waals surface area contributed by atoms with Gasteiger partial charge in [-0.2, -0.15) is 5.26 Å². The average Bonchev–Trinajstić information content (AvgIpc) is 2.42. The van der Waals surface area contributed by atoms with Crippen LogP contribution in [-0.4, -0.2) is 5.78 Å². The molecule has 0 bridgehead atoms. The monoisotopic (exact) mass is 241 g/mol. The minimum absolute atomic E-state index is 0.143. The second-order valence-electron chi connectivity index (χ2n) is 5.14. The van der Waals surface area contributed by atoms with E-state index in [1.807, 2.05) is 30.3 Å². The minimum atomic E-state index is -0.412. The number of hydrogen-bond acceptors (Lipinski definition) is 2. The maximum absolute atomic E-state index is 12.6. The lowest BCUT2D eigenvalue weighted by Gasteiger charge is -2.38. The van der Waals surface area contributed by atoms with Gasteiger partial charge in [-0.1, -0.05) is 50.1 Å². The van der Waals surface area contributed by atoms with E-state index >= 15 is 0 Å². The first-order valence-electron chi connectivity index (χ1n) is 6.74. The van der Waals surface area contributed by atoms with Crippen LogP contribution in [0, 0.1) is 17.2 Å². The molecule has 2 atom stereocenters. The van der Waals surface area contributed by atoms with Gasteiger partial charge in [0.15, 0.2) is 5.78 Å². The topological polar surface area (TPSA) is 40.9 Å². The summed E-state index contributed by atoms with van der Waals surface area (Å²) in [6.07, 6.45) is 4.42. The van der Waals surface area contributed by atoms with Crippen molar-refractivity contribution in [3.63, 3.8) is 0 Å². The zero-order valence-corrected chi connectivity index (χ0v) is 10.9. The van der Waals surface area contributed by atoms with Crippen molar-refractivity contribution < 1.29 is 4.79 Å². The third-order valence-electron chi connectivity index (χ3n) is 4.04. The zero-order valence-electron chi connectivity index (χ0n) is 10.9. The van der Waals surface area contributed by atoms with Crippen molar-refractivity contribution >= 4 is 5.78 Å². The van der Waals surface area contributed by atoms with Crippen molar-refractivity contribution in [2.75, 3.05) is 0 Å². The minimum Gasteiger partial charge on any atom is -0.297 e. The van der Waals surface area contributed by atoms with Crippen molar-refractivity contribution in [2.45, 2.75) is 44.4 Å². The Morgan fingerprint density at radius 3 is 2.72 bits per heavy atom. The summed E-state index contributed by atoms with van der Waals surface area (Å²) in [6, 6.07) is 12.2. The highest BCUT2D eigenvalue weighted by atomic mass is 16.1. The van der Waals surface area contributed by atoms with Gasteiger partial charge in [0.1, 0.15) is 5.92 Å². The number of carbonyl (C=O) groups excluding carboxylic acids is 1. The molecule has 0 saturated heterocycles. The van der Waals surface area contributed by atoms with E-state index in [1.54, 1.807) is 0 Å². The Kier molecular flexibility index (Phi) is 3.81. The van der Waals surface area contributed by atoms with E-state index in [2.05, 4.69) is 13.0 Å². The molecular weight excluding hydrogens is 222 g/mol. The van der Waals surface area contributed by atoms with E-state index in [4.69, 9.17) is 5.26 Å². The van der Waals surface area contributed by atoms with Gasteiger partial charge in [-0.25, -0.2) is 0 Å². The van der Waals surface area contributed by atoms with Gasteiger partial charge in [0.25, 0.3) is 0 Å². The molecule has 0 radical (unpaired) electrons. The van der Waals surface area contributed by atoms with Gasteiger partial charge >= 0.3 is 0 Å². The molecule has 0 heterocycles. The summed E-state index contributed by atoms with van der Waals surface area (Å²) in [7, 11) is 0. The van der Waals surface area contributed by atoms with Crippen LogP contribution in [0.3, 0.4) is 0 Å². The highest BCUT2D eigenvalue weighted by Crippen LogP contribution is 2.42. The lowest BCUT2D eigenvalue weighted by Crippen LogP contribution is -2.43. The van der Waals surface area contributed by atoms with Crippen molar-refractivity contribution in [1.29, 1.82) is 5.26 Å². The third-order valence-corrected chi connectivity index (χ3v) is 4.04. The summed E-state index contributed by atoms with van der Waals surface area (Å²) in [4.78, 5) is 12.6. The predicted octanol–water partition coefficient (Wildman–Crippen LogP) is 3.62. The Bertz CT molecular complexity index is 456. The highest BCUT2D eigenvalue weighted by Gasteiger charge is 2.45. The maximum atomic E-state index is 12.6. The molecule has 0 spiro atoms. The number of nitrogens with zero attached hydrogens (tertiary/aromatic N) is 1. The molecule has 1 aromatic rings. The largest absolute Gasteiger partial charge is 0.297 e. The van der Waals surface area contributed by atoms with E-state index < -0.39 is 11.3 Å². The first-order chi connectivity index (χ1) is 8.74. The molecule has 2 heteroatoms. The number of benzene rings is 1. The van der Waals surface area contributed by atoms with Gasteiger partial charge in [0.2, 0.25) is 0 Å². The summed E-state index contributed by atoms with van der Waals surface area (Å²) in [5.41, 5.74) is 0.686. The van der Waals surface area contributed by atoms with Crippen molar-refractivity contribution in [3.8, 4) is 6.07 Å².